The van der Waals surface area contributed by atoms with Crippen LogP contribution in [0.4, 0.5) is 4.39 Å². The van der Waals surface area contributed by atoms with Crippen molar-refractivity contribution in [2.75, 3.05) is 18.1 Å². The number of halogens is 1. The number of hydrogen-bond donors (Lipinski definition) is 0. The Kier molecular flexibility index (Phi) is 4.83. The maximum Gasteiger partial charge on any atom is 0.233 e. The maximum atomic E-state index is 13.8. The van der Waals surface area contributed by atoms with Gasteiger partial charge in [-0.25, -0.2) is 9.38 Å². The van der Waals surface area contributed by atoms with E-state index in [1.807, 2.05) is 40.7 Å². The molecule has 1 aliphatic heterocycles. The first-order chi connectivity index (χ1) is 10.8. The molecule has 0 amide bonds. The summed E-state index contributed by atoms with van der Waals surface area (Å²) in [6.45, 7) is 3.25. The second-order valence-corrected chi connectivity index (χ2v) is 6.49. The Labute approximate surface area is 134 Å². The molecule has 1 aromatic carbocycles. The quantitative estimate of drug-likeness (QED) is 0.814. The summed E-state index contributed by atoms with van der Waals surface area (Å²) in [6.07, 6.45) is 1.93. The van der Waals surface area contributed by atoms with E-state index in [1.54, 1.807) is 12.1 Å². The van der Waals surface area contributed by atoms with E-state index in [-0.39, 0.29) is 11.9 Å². The minimum absolute atomic E-state index is 0.186. The van der Waals surface area contributed by atoms with Crippen molar-refractivity contribution in [2.24, 2.45) is 4.99 Å². The van der Waals surface area contributed by atoms with E-state index >= 15 is 0 Å². The lowest BCUT2D eigenvalue weighted by Gasteiger charge is -2.09. The Morgan fingerprint density at radius 3 is 3.00 bits per heavy atom. The van der Waals surface area contributed by atoms with Crippen molar-refractivity contribution in [3.63, 3.8) is 0 Å². The summed E-state index contributed by atoms with van der Waals surface area (Å²) in [7, 11) is 0. The summed E-state index contributed by atoms with van der Waals surface area (Å²) in [6, 6.07) is 11.0. The first kappa shape index (κ1) is 15.2. The molecule has 0 N–H and O–H groups in total. The number of aliphatic imine (C=N–C) groups is 1. The summed E-state index contributed by atoms with van der Waals surface area (Å²) in [5.74, 6) is 2.55. The standard InChI is InChI=1S/C17H19FN2OS/c1-2-22-12-14-11-21-17(19-14)16-8-5-9-20(16)10-13-6-3-4-7-15(13)18/h3-9,14H,2,10-12H2,1H3/t14-/m1/s1. The third kappa shape index (κ3) is 3.35. The molecule has 0 saturated carbocycles. The summed E-state index contributed by atoms with van der Waals surface area (Å²) >= 11 is 1.87. The Morgan fingerprint density at radius 1 is 1.32 bits per heavy atom. The van der Waals surface area contributed by atoms with Crippen LogP contribution in [0.15, 0.2) is 47.6 Å². The fourth-order valence-electron chi connectivity index (χ4n) is 2.45. The number of thioether (sulfide) groups is 1. The average Bonchev–Trinajstić information content (AvgIpc) is 3.16. The predicted molar refractivity (Wildman–Crippen MR) is 89.2 cm³/mol. The van der Waals surface area contributed by atoms with E-state index < -0.39 is 0 Å². The fraction of sp³-hybridized carbons (Fsp3) is 0.353. The van der Waals surface area contributed by atoms with Gasteiger partial charge in [-0.15, -0.1) is 0 Å². The highest BCUT2D eigenvalue weighted by atomic mass is 32.2. The first-order valence-electron chi connectivity index (χ1n) is 7.45. The molecule has 0 bridgehead atoms. The SMILES string of the molecule is CCSC[C@H]1COC(c2cccn2Cc2ccccc2F)=N1. The molecule has 2 heterocycles. The van der Waals surface area contributed by atoms with Crippen molar-refractivity contribution in [1.29, 1.82) is 0 Å². The van der Waals surface area contributed by atoms with Crippen LogP contribution in [0.25, 0.3) is 0 Å². The van der Waals surface area contributed by atoms with Gasteiger partial charge >= 0.3 is 0 Å². The number of aromatic nitrogens is 1. The molecule has 0 radical (unpaired) electrons. The summed E-state index contributed by atoms with van der Waals surface area (Å²) in [4.78, 5) is 4.65. The van der Waals surface area contributed by atoms with Gasteiger partial charge in [0.05, 0.1) is 12.6 Å². The van der Waals surface area contributed by atoms with Crippen LogP contribution in [-0.4, -0.2) is 34.6 Å². The molecule has 1 atom stereocenters. The van der Waals surface area contributed by atoms with Crippen LogP contribution >= 0.6 is 11.8 Å². The maximum absolute atomic E-state index is 13.8. The molecule has 5 heteroatoms. The van der Waals surface area contributed by atoms with Gasteiger partial charge in [-0.2, -0.15) is 11.8 Å². The molecule has 116 valence electrons. The summed E-state index contributed by atoms with van der Waals surface area (Å²) in [5.41, 5.74) is 1.57. The van der Waals surface area contributed by atoms with Gasteiger partial charge in [0.15, 0.2) is 0 Å². The number of nitrogens with zero attached hydrogens (tertiary/aromatic N) is 2. The van der Waals surface area contributed by atoms with E-state index in [4.69, 9.17) is 4.74 Å². The van der Waals surface area contributed by atoms with Crippen LogP contribution in [0.1, 0.15) is 18.2 Å². The molecule has 0 unspecified atom stereocenters. The molecule has 0 spiro atoms. The van der Waals surface area contributed by atoms with Crippen LogP contribution in [0, 0.1) is 5.82 Å². The molecule has 0 saturated heterocycles. The van der Waals surface area contributed by atoms with Crippen LogP contribution in [-0.2, 0) is 11.3 Å². The van der Waals surface area contributed by atoms with E-state index in [0.717, 1.165) is 17.2 Å². The Bertz CT molecular complexity index is 668. The molecule has 1 aromatic heterocycles. The zero-order valence-electron chi connectivity index (χ0n) is 12.5. The zero-order chi connectivity index (χ0) is 15.4. The average molecular weight is 318 g/mol. The molecule has 0 fully saturated rings. The van der Waals surface area contributed by atoms with Gasteiger partial charge < -0.3 is 9.30 Å². The van der Waals surface area contributed by atoms with Crippen molar-refractivity contribution < 1.29 is 9.13 Å². The van der Waals surface area contributed by atoms with Crippen LogP contribution in [0.5, 0.6) is 0 Å². The van der Waals surface area contributed by atoms with E-state index in [2.05, 4.69) is 11.9 Å². The van der Waals surface area contributed by atoms with E-state index in [9.17, 15) is 4.39 Å². The molecule has 1 aliphatic rings. The number of ether oxygens (including phenoxy) is 1. The Morgan fingerprint density at radius 2 is 2.18 bits per heavy atom. The summed E-state index contributed by atoms with van der Waals surface area (Å²) < 4.78 is 21.5. The third-order valence-corrected chi connectivity index (χ3v) is 4.60. The fourth-order valence-corrected chi connectivity index (χ4v) is 3.13. The molecular weight excluding hydrogens is 299 g/mol. The number of benzene rings is 1. The van der Waals surface area contributed by atoms with Gasteiger partial charge in [-0.3, -0.25) is 0 Å². The topological polar surface area (TPSA) is 26.5 Å². The lowest BCUT2D eigenvalue weighted by atomic mass is 10.2. The normalized spacial score (nSPS) is 17.4. The minimum Gasteiger partial charge on any atom is -0.474 e. The number of rotatable bonds is 6. The molecule has 2 aromatic rings. The highest BCUT2D eigenvalue weighted by molar-refractivity contribution is 7.99. The van der Waals surface area contributed by atoms with Crippen molar-refractivity contribution in [3.8, 4) is 0 Å². The van der Waals surface area contributed by atoms with E-state index in [0.29, 0.717) is 24.6 Å². The highest BCUT2D eigenvalue weighted by Crippen LogP contribution is 2.18. The lowest BCUT2D eigenvalue weighted by Crippen LogP contribution is -2.11. The zero-order valence-corrected chi connectivity index (χ0v) is 13.4. The third-order valence-electron chi connectivity index (χ3n) is 3.57. The molecular formula is C17H19FN2OS. The monoisotopic (exact) mass is 318 g/mol. The van der Waals surface area contributed by atoms with Gasteiger partial charge in [-0.05, 0) is 24.0 Å². The van der Waals surface area contributed by atoms with Crippen molar-refractivity contribution in [1.82, 2.24) is 4.57 Å². The largest absolute Gasteiger partial charge is 0.474 e. The van der Waals surface area contributed by atoms with E-state index in [1.165, 1.54) is 6.07 Å². The smallest absolute Gasteiger partial charge is 0.233 e. The molecule has 3 nitrogen and oxygen atoms in total. The highest BCUT2D eigenvalue weighted by Gasteiger charge is 2.22. The Hall–Kier alpha value is -1.75. The van der Waals surface area contributed by atoms with Gasteiger partial charge in [-0.1, -0.05) is 25.1 Å². The van der Waals surface area contributed by atoms with Crippen molar-refractivity contribution in [2.45, 2.75) is 19.5 Å². The van der Waals surface area contributed by atoms with Crippen LogP contribution in [0.3, 0.4) is 0 Å². The lowest BCUT2D eigenvalue weighted by molar-refractivity contribution is 0.323. The van der Waals surface area contributed by atoms with Gasteiger partial charge in [0, 0.05) is 17.5 Å². The second kappa shape index (κ2) is 7.01. The van der Waals surface area contributed by atoms with Gasteiger partial charge in [0.2, 0.25) is 5.90 Å². The minimum atomic E-state index is -0.186. The van der Waals surface area contributed by atoms with Gasteiger partial charge in [0.25, 0.3) is 0 Å². The second-order valence-electron chi connectivity index (χ2n) is 5.17. The molecule has 22 heavy (non-hydrogen) atoms. The molecule has 0 aliphatic carbocycles. The number of hydrogen-bond acceptors (Lipinski definition) is 3. The predicted octanol–water partition coefficient (Wildman–Crippen LogP) is 3.57. The first-order valence-corrected chi connectivity index (χ1v) is 8.60. The Balaban J connectivity index is 1.77. The van der Waals surface area contributed by atoms with Gasteiger partial charge in [0.1, 0.15) is 18.1 Å². The van der Waals surface area contributed by atoms with Crippen LogP contribution in [0.2, 0.25) is 0 Å². The summed E-state index contributed by atoms with van der Waals surface area (Å²) in [5, 5.41) is 0. The molecule has 3 rings (SSSR count). The van der Waals surface area contributed by atoms with Crippen LogP contribution < -0.4 is 0 Å². The van der Waals surface area contributed by atoms with Crippen molar-refractivity contribution >= 4 is 17.7 Å². The van der Waals surface area contributed by atoms with Crippen molar-refractivity contribution in [3.05, 3.63) is 59.7 Å².